The molecule has 1 aliphatic heterocycles. The molecule has 1 saturated heterocycles. The number of piperidine rings is 1. The number of likely N-dealkylation sites (tertiary alicyclic amines) is 1. The number of hydrogen-bond acceptors (Lipinski definition) is 1. The fourth-order valence-corrected chi connectivity index (χ4v) is 2.27. The Kier molecular flexibility index (Phi) is 2.79. The average molecular weight is 172 g/mol. The molecule has 0 aliphatic carbocycles. The van der Waals surface area contributed by atoms with Gasteiger partial charge < -0.3 is 10.0 Å². The first-order valence-electron chi connectivity index (χ1n) is 5.04. The summed E-state index contributed by atoms with van der Waals surface area (Å²) in [7, 11) is 2.22. The highest BCUT2D eigenvalue weighted by molar-refractivity contribution is 4.86. The summed E-state index contributed by atoms with van der Waals surface area (Å²) in [5.41, 5.74) is -0.390. The third kappa shape index (κ3) is 1.64. The molecule has 4 atom stereocenters. The summed E-state index contributed by atoms with van der Waals surface area (Å²) in [4.78, 5) is 1.56. The molecule has 1 aliphatic rings. The summed E-state index contributed by atoms with van der Waals surface area (Å²) in [5.74, 6) is 0.443. The molecule has 1 fully saturated rings. The van der Waals surface area contributed by atoms with Crippen LogP contribution >= 0.6 is 0 Å². The van der Waals surface area contributed by atoms with Gasteiger partial charge in [0.1, 0.15) is 0 Å². The zero-order valence-corrected chi connectivity index (χ0v) is 8.72. The van der Waals surface area contributed by atoms with E-state index in [1.807, 2.05) is 0 Å². The highest BCUT2D eigenvalue weighted by Gasteiger charge is 2.41. The molecule has 2 N–H and O–H groups in total. The van der Waals surface area contributed by atoms with E-state index in [-0.39, 0.29) is 5.60 Å². The van der Waals surface area contributed by atoms with Crippen LogP contribution in [0.4, 0.5) is 0 Å². The number of nitrogens with one attached hydrogen (secondary N) is 1. The Balaban J connectivity index is 2.67. The van der Waals surface area contributed by atoms with Crippen LogP contribution in [0.1, 0.15) is 33.6 Å². The maximum absolute atomic E-state index is 10.2. The lowest BCUT2D eigenvalue weighted by atomic mass is 9.77. The first kappa shape index (κ1) is 10.0. The molecule has 0 saturated carbocycles. The second-order valence-electron chi connectivity index (χ2n) is 4.51. The predicted molar refractivity (Wildman–Crippen MR) is 50.2 cm³/mol. The highest BCUT2D eigenvalue weighted by atomic mass is 16.3. The molecule has 2 nitrogen and oxygen atoms in total. The van der Waals surface area contributed by atoms with Gasteiger partial charge in [-0.25, -0.2) is 0 Å². The Hall–Kier alpha value is -0.0800. The van der Waals surface area contributed by atoms with Crippen LogP contribution in [0.25, 0.3) is 0 Å². The lowest BCUT2D eigenvalue weighted by Gasteiger charge is -2.42. The molecule has 1 heterocycles. The van der Waals surface area contributed by atoms with Crippen LogP contribution < -0.4 is 4.90 Å². The van der Waals surface area contributed by atoms with E-state index in [4.69, 9.17) is 0 Å². The van der Waals surface area contributed by atoms with Crippen molar-refractivity contribution in [1.29, 1.82) is 0 Å². The van der Waals surface area contributed by atoms with E-state index in [1.165, 1.54) is 0 Å². The van der Waals surface area contributed by atoms with Crippen LogP contribution in [0.15, 0.2) is 0 Å². The largest absolute Gasteiger partial charge is 0.389 e. The smallest absolute Gasteiger partial charge is 0.0872 e. The molecular formula is C10H22NO+. The Morgan fingerprint density at radius 1 is 1.50 bits per heavy atom. The van der Waals surface area contributed by atoms with Crippen molar-refractivity contribution in [3.8, 4) is 0 Å². The van der Waals surface area contributed by atoms with Gasteiger partial charge in [0.05, 0.1) is 25.2 Å². The van der Waals surface area contributed by atoms with Crippen molar-refractivity contribution in [3.05, 3.63) is 0 Å². The second kappa shape index (κ2) is 3.35. The zero-order chi connectivity index (χ0) is 9.35. The Morgan fingerprint density at radius 3 is 2.58 bits per heavy atom. The lowest BCUT2D eigenvalue weighted by molar-refractivity contribution is -0.916. The maximum atomic E-state index is 10.2. The fraction of sp³-hybridized carbons (Fsp3) is 1.00. The van der Waals surface area contributed by atoms with Gasteiger partial charge in [0.2, 0.25) is 0 Å². The van der Waals surface area contributed by atoms with Crippen LogP contribution in [0.2, 0.25) is 0 Å². The van der Waals surface area contributed by atoms with E-state index in [9.17, 15) is 5.11 Å². The van der Waals surface area contributed by atoms with Crippen molar-refractivity contribution >= 4 is 0 Å². The van der Waals surface area contributed by atoms with Crippen molar-refractivity contribution in [1.82, 2.24) is 0 Å². The van der Waals surface area contributed by atoms with E-state index < -0.39 is 0 Å². The van der Waals surface area contributed by atoms with Gasteiger partial charge in [0.25, 0.3) is 0 Å². The van der Waals surface area contributed by atoms with Crippen LogP contribution in [0, 0.1) is 5.92 Å². The molecule has 1 rings (SSSR count). The summed E-state index contributed by atoms with van der Waals surface area (Å²) in [5, 5.41) is 10.2. The van der Waals surface area contributed by atoms with E-state index >= 15 is 0 Å². The van der Waals surface area contributed by atoms with Gasteiger partial charge in [0.15, 0.2) is 0 Å². The quantitative estimate of drug-likeness (QED) is 0.575. The predicted octanol–water partition coefficient (Wildman–Crippen LogP) is 0.0705. The van der Waals surface area contributed by atoms with Gasteiger partial charge in [-0.2, -0.15) is 0 Å². The minimum absolute atomic E-state index is 0.390. The van der Waals surface area contributed by atoms with E-state index in [2.05, 4.69) is 27.8 Å². The van der Waals surface area contributed by atoms with Gasteiger partial charge in [-0.05, 0) is 13.3 Å². The van der Waals surface area contributed by atoms with Crippen LogP contribution in [-0.4, -0.2) is 30.3 Å². The second-order valence-corrected chi connectivity index (χ2v) is 4.51. The maximum Gasteiger partial charge on any atom is 0.0872 e. The first-order valence-corrected chi connectivity index (χ1v) is 5.04. The molecule has 2 heteroatoms. The molecule has 0 aromatic rings. The number of hydrogen-bond donors (Lipinski definition) is 2. The topological polar surface area (TPSA) is 24.7 Å². The number of aliphatic hydroxyl groups is 1. The van der Waals surface area contributed by atoms with E-state index in [1.54, 1.807) is 4.90 Å². The fourth-order valence-electron chi connectivity index (χ4n) is 2.27. The molecular weight excluding hydrogens is 150 g/mol. The third-order valence-corrected chi connectivity index (χ3v) is 3.66. The van der Waals surface area contributed by atoms with Crippen molar-refractivity contribution in [3.63, 3.8) is 0 Å². The monoisotopic (exact) mass is 172 g/mol. The minimum Gasteiger partial charge on any atom is -0.389 e. The SMILES string of the molecule is CC[C@@]1(O)C[C@H](C)[NH+](C)C[C@@H]1C. The summed E-state index contributed by atoms with van der Waals surface area (Å²) in [6.07, 6.45) is 1.85. The number of rotatable bonds is 1. The van der Waals surface area contributed by atoms with Crippen molar-refractivity contribution in [2.24, 2.45) is 5.92 Å². The van der Waals surface area contributed by atoms with Gasteiger partial charge in [-0.3, -0.25) is 0 Å². The van der Waals surface area contributed by atoms with Gasteiger partial charge in [0, 0.05) is 12.3 Å². The first-order chi connectivity index (χ1) is 5.49. The van der Waals surface area contributed by atoms with E-state index in [0.29, 0.717) is 12.0 Å². The molecule has 72 valence electrons. The van der Waals surface area contributed by atoms with Crippen molar-refractivity contribution in [2.75, 3.05) is 13.6 Å². The van der Waals surface area contributed by atoms with Gasteiger partial charge in [-0.1, -0.05) is 13.8 Å². The average Bonchev–Trinajstić information content (AvgIpc) is 2.01. The summed E-state index contributed by atoms with van der Waals surface area (Å²) < 4.78 is 0. The molecule has 0 aromatic heterocycles. The van der Waals surface area contributed by atoms with Crippen LogP contribution in [-0.2, 0) is 0 Å². The summed E-state index contributed by atoms with van der Waals surface area (Å²) >= 11 is 0. The molecule has 12 heavy (non-hydrogen) atoms. The normalized spacial score (nSPS) is 49.2. The summed E-state index contributed by atoms with van der Waals surface area (Å²) in [6.45, 7) is 7.58. The van der Waals surface area contributed by atoms with Crippen molar-refractivity contribution in [2.45, 2.75) is 45.3 Å². The number of quaternary nitrogens is 1. The zero-order valence-electron chi connectivity index (χ0n) is 8.72. The molecule has 0 radical (unpaired) electrons. The van der Waals surface area contributed by atoms with E-state index in [0.717, 1.165) is 19.4 Å². The molecule has 0 amide bonds. The van der Waals surface area contributed by atoms with Crippen LogP contribution in [0.5, 0.6) is 0 Å². The molecule has 1 unspecified atom stereocenters. The molecule has 0 spiro atoms. The molecule has 0 aromatic carbocycles. The standard InChI is InChI=1S/C10H21NO/c1-5-10(12)6-9(3)11(4)7-8(10)2/h8-9,12H,5-7H2,1-4H3/p+1/t8-,9-,10+/m0/s1. The molecule has 0 bridgehead atoms. The highest BCUT2D eigenvalue weighted by Crippen LogP contribution is 2.27. The van der Waals surface area contributed by atoms with Gasteiger partial charge >= 0.3 is 0 Å². The Labute approximate surface area is 75.6 Å². The minimum atomic E-state index is -0.390. The summed E-state index contributed by atoms with van der Waals surface area (Å²) in [6, 6.07) is 0.603. The third-order valence-electron chi connectivity index (χ3n) is 3.66. The lowest BCUT2D eigenvalue weighted by Crippen LogP contribution is -3.15. The van der Waals surface area contributed by atoms with Crippen LogP contribution in [0.3, 0.4) is 0 Å². The Bertz CT molecular complexity index is 160. The van der Waals surface area contributed by atoms with Crippen molar-refractivity contribution < 1.29 is 10.0 Å². The van der Waals surface area contributed by atoms with Gasteiger partial charge in [-0.15, -0.1) is 0 Å². The Morgan fingerprint density at radius 2 is 2.08 bits per heavy atom.